The number of benzene rings is 1. The fourth-order valence-electron chi connectivity index (χ4n) is 1.69. The molecule has 1 aromatic rings. The van der Waals surface area contributed by atoms with Gasteiger partial charge >= 0.3 is 0 Å². The topological polar surface area (TPSA) is 39.7 Å². The Kier molecular flexibility index (Phi) is 7.22. The highest BCUT2D eigenvalue weighted by atomic mass is 19.1. The van der Waals surface area contributed by atoms with Gasteiger partial charge in [0, 0.05) is 12.6 Å². The van der Waals surface area contributed by atoms with Crippen molar-refractivity contribution in [2.45, 2.75) is 13.3 Å². The molecular weight excluding hydrogens is 249 g/mol. The van der Waals surface area contributed by atoms with Crippen LogP contribution in [0.3, 0.4) is 0 Å². The normalized spacial score (nSPS) is 10.5. The van der Waals surface area contributed by atoms with Gasteiger partial charge < -0.3 is 19.5 Å². The molecule has 0 heterocycles. The quantitative estimate of drug-likeness (QED) is 0.697. The molecule has 19 heavy (non-hydrogen) atoms. The van der Waals surface area contributed by atoms with Gasteiger partial charge in [0.2, 0.25) is 0 Å². The van der Waals surface area contributed by atoms with Crippen LogP contribution in [0, 0.1) is 5.82 Å². The van der Waals surface area contributed by atoms with Gasteiger partial charge in [-0.3, -0.25) is 0 Å². The highest BCUT2D eigenvalue weighted by molar-refractivity contribution is 5.43. The maximum Gasteiger partial charge on any atom is 0.163 e. The van der Waals surface area contributed by atoms with E-state index in [4.69, 9.17) is 14.2 Å². The average Bonchev–Trinajstić information content (AvgIpc) is 2.43. The Morgan fingerprint density at radius 1 is 1.11 bits per heavy atom. The molecule has 4 nitrogen and oxygen atoms in total. The summed E-state index contributed by atoms with van der Waals surface area (Å²) in [5.74, 6) is 0.635. The van der Waals surface area contributed by atoms with Crippen LogP contribution in [0.2, 0.25) is 0 Å². The fraction of sp³-hybridized carbons (Fsp3) is 0.571. The maximum atomic E-state index is 13.8. The third-order valence-electron chi connectivity index (χ3n) is 2.74. The van der Waals surface area contributed by atoms with E-state index >= 15 is 0 Å². The van der Waals surface area contributed by atoms with E-state index in [1.165, 1.54) is 20.3 Å². The first kappa shape index (κ1) is 15.7. The summed E-state index contributed by atoms with van der Waals surface area (Å²) in [7, 11) is 3.02. The molecule has 0 aliphatic carbocycles. The zero-order valence-electron chi connectivity index (χ0n) is 11.8. The smallest absolute Gasteiger partial charge is 0.163 e. The lowest BCUT2D eigenvalue weighted by atomic mass is 10.1. The lowest BCUT2D eigenvalue weighted by Crippen LogP contribution is -2.19. The van der Waals surface area contributed by atoms with Crippen LogP contribution in [0.25, 0.3) is 0 Å². The SMILES string of the molecule is CCNCCOCCc1cc(OC)c(OC)cc1F. The molecule has 0 atom stereocenters. The molecule has 0 aliphatic rings. The molecule has 0 saturated carbocycles. The number of ether oxygens (including phenoxy) is 3. The highest BCUT2D eigenvalue weighted by Crippen LogP contribution is 2.29. The van der Waals surface area contributed by atoms with Crippen LogP contribution in [-0.2, 0) is 11.2 Å². The molecule has 0 spiro atoms. The Morgan fingerprint density at radius 2 is 1.79 bits per heavy atom. The predicted molar refractivity (Wildman–Crippen MR) is 72.6 cm³/mol. The Balaban J connectivity index is 2.49. The molecule has 108 valence electrons. The number of likely N-dealkylation sites (N-methyl/N-ethyl adjacent to an activating group) is 1. The van der Waals surface area contributed by atoms with E-state index < -0.39 is 0 Å². The molecule has 0 saturated heterocycles. The first-order valence-electron chi connectivity index (χ1n) is 6.41. The van der Waals surface area contributed by atoms with Crippen molar-refractivity contribution in [3.63, 3.8) is 0 Å². The fourth-order valence-corrected chi connectivity index (χ4v) is 1.69. The van der Waals surface area contributed by atoms with Crippen molar-refractivity contribution < 1.29 is 18.6 Å². The molecule has 1 aromatic carbocycles. The van der Waals surface area contributed by atoms with Crippen LogP contribution in [-0.4, -0.2) is 40.5 Å². The van der Waals surface area contributed by atoms with Crippen LogP contribution in [0.4, 0.5) is 4.39 Å². The molecule has 0 fully saturated rings. The van der Waals surface area contributed by atoms with Gasteiger partial charge in [0.05, 0.1) is 27.4 Å². The van der Waals surface area contributed by atoms with Crippen molar-refractivity contribution in [2.24, 2.45) is 0 Å². The molecular formula is C14H22FNO3. The van der Waals surface area contributed by atoms with E-state index in [9.17, 15) is 4.39 Å². The summed E-state index contributed by atoms with van der Waals surface area (Å²) < 4.78 is 29.4. The lowest BCUT2D eigenvalue weighted by Gasteiger charge is -2.11. The second kappa shape index (κ2) is 8.72. The van der Waals surface area contributed by atoms with Gasteiger partial charge in [-0.25, -0.2) is 4.39 Å². The minimum atomic E-state index is -0.298. The zero-order valence-corrected chi connectivity index (χ0v) is 11.8. The lowest BCUT2D eigenvalue weighted by molar-refractivity contribution is 0.138. The van der Waals surface area contributed by atoms with Gasteiger partial charge in [-0.1, -0.05) is 6.92 Å². The minimum absolute atomic E-state index is 0.298. The second-order valence-corrected chi connectivity index (χ2v) is 4.01. The van der Waals surface area contributed by atoms with E-state index in [-0.39, 0.29) is 5.82 Å². The number of hydrogen-bond acceptors (Lipinski definition) is 4. The number of nitrogens with one attached hydrogen (secondary N) is 1. The van der Waals surface area contributed by atoms with Gasteiger partial charge in [-0.05, 0) is 24.6 Å². The Labute approximate surface area is 113 Å². The minimum Gasteiger partial charge on any atom is -0.493 e. The predicted octanol–water partition coefficient (Wildman–Crippen LogP) is 2.01. The molecule has 0 radical (unpaired) electrons. The van der Waals surface area contributed by atoms with Crippen molar-refractivity contribution in [2.75, 3.05) is 40.5 Å². The van der Waals surface area contributed by atoms with Crippen LogP contribution in [0.15, 0.2) is 12.1 Å². The van der Waals surface area contributed by atoms with E-state index in [1.807, 2.05) is 6.92 Å². The van der Waals surface area contributed by atoms with Crippen molar-refractivity contribution in [3.05, 3.63) is 23.5 Å². The van der Waals surface area contributed by atoms with Crippen molar-refractivity contribution >= 4 is 0 Å². The van der Waals surface area contributed by atoms with Crippen LogP contribution in [0.1, 0.15) is 12.5 Å². The molecule has 5 heteroatoms. The maximum absolute atomic E-state index is 13.8. The van der Waals surface area contributed by atoms with Gasteiger partial charge in [-0.2, -0.15) is 0 Å². The summed E-state index contributed by atoms with van der Waals surface area (Å²) in [6.07, 6.45) is 0.512. The standard InChI is InChI=1S/C14H22FNO3/c1-4-16-6-8-19-7-5-11-9-13(17-2)14(18-3)10-12(11)15/h9-10,16H,4-8H2,1-3H3. The highest BCUT2D eigenvalue weighted by Gasteiger charge is 2.10. The van der Waals surface area contributed by atoms with Crippen LogP contribution >= 0.6 is 0 Å². The van der Waals surface area contributed by atoms with Gasteiger partial charge in [0.25, 0.3) is 0 Å². The van der Waals surface area contributed by atoms with Gasteiger partial charge in [0.15, 0.2) is 11.5 Å². The van der Waals surface area contributed by atoms with E-state index in [0.717, 1.165) is 13.1 Å². The number of rotatable bonds is 9. The van der Waals surface area contributed by atoms with Crippen LogP contribution in [0.5, 0.6) is 11.5 Å². The summed E-state index contributed by atoms with van der Waals surface area (Å²) in [4.78, 5) is 0. The average molecular weight is 271 g/mol. The Bertz CT molecular complexity index is 385. The van der Waals surface area contributed by atoms with Crippen molar-refractivity contribution in [3.8, 4) is 11.5 Å². The molecule has 0 amide bonds. The summed E-state index contributed by atoms with van der Waals surface area (Å²) in [5.41, 5.74) is 0.570. The number of methoxy groups -OCH3 is 2. The summed E-state index contributed by atoms with van der Waals surface area (Å²) in [6, 6.07) is 2.99. The number of hydrogen-bond donors (Lipinski definition) is 1. The first-order valence-corrected chi connectivity index (χ1v) is 6.41. The largest absolute Gasteiger partial charge is 0.493 e. The first-order chi connectivity index (χ1) is 9.22. The molecule has 0 unspecified atom stereocenters. The third-order valence-corrected chi connectivity index (χ3v) is 2.74. The molecule has 1 N–H and O–H groups in total. The zero-order chi connectivity index (χ0) is 14.1. The molecule has 0 aliphatic heterocycles. The second-order valence-electron chi connectivity index (χ2n) is 4.01. The molecule has 0 aromatic heterocycles. The monoisotopic (exact) mass is 271 g/mol. The van der Waals surface area contributed by atoms with Gasteiger partial charge in [-0.15, -0.1) is 0 Å². The van der Waals surface area contributed by atoms with E-state index in [1.54, 1.807) is 6.07 Å². The summed E-state index contributed by atoms with van der Waals surface area (Å²) in [6.45, 7) is 4.89. The van der Waals surface area contributed by atoms with E-state index in [2.05, 4.69) is 5.32 Å². The Hall–Kier alpha value is -1.33. The van der Waals surface area contributed by atoms with Crippen molar-refractivity contribution in [1.29, 1.82) is 0 Å². The van der Waals surface area contributed by atoms with E-state index in [0.29, 0.717) is 36.7 Å². The molecule has 0 bridgehead atoms. The summed E-state index contributed by atoms with van der Waals surface area (Å²) >= 11 is 0. The van der Waals surface area contributed by atoms with Crippen LogP contribution < -0.4 is 14.8 Å². The molecule has 1 rings (SSSR count). The summed E-state index contributed by atoms with van der Waals surface area (Å²) in [5, 5.41) is 3.16. The Morgan fingerprint density at radius 3 is 2.42 bits per heavy atom. The van der Waals surface area contributed by atoms with Gasteiger partial charge in [0.1, 0.15) is 5.82 Å². The third kappa shape index (κ3) is 5.04. The number of halogens is 1. The van der Waals surface area contributed by atoms with Crippen molar-refractivity contribution in [1.82, 2.24) is 5.32 Å².